The molecule has 3 N–H and O–H groups in total. The molecular formula is C32H29Cl2F6N3O3. The molecule has 246 valence electrons. The fourth-order valence-electron chi connectivity index (χ4n) is 4.05. The van der Waals surface area contributed by atoms with Crippen LogP contribution in [0.25, 0.3) is 22.3 Å². The number of carbonyl (C=O) groups excluding carboxylic acids is 1. The molecule has 0 aliphatic heterocycles. The van der Waals surface area contributed by atoms with Crippen molar-refractivity contribution in [2.45, 2.75) is 39.2 Å². The average molecular weight is 688 g/mol. The third kappa shape index (κ3) is 11.3. The number of aryl methyl sites for hydroxylation is 1. The minimum Gasteiger partial charge on any atom is -0.483 e. The number of halogens is 8. The van der Waals surface area contributed by atoms with Gasteiger partial charge in [0.15, 0.2) is 0 Å². The van der Waals surface area contributed by atoms with Gasteiger partial charge in [-0.3, -0.25) is 14.6 Å². The summed E-state index contributed by atoms with van der Waals surface area (Å²) in [5.41, 5.74) is -0.766. The summed E-state index contributed by atoms with van der Waals surface area (Å²) in [4.78, 5) is 21.9. The number of nitrogens with one attached hydrogen (secondary N) is 2. The van der Waals surface area contributed by atoms with Crippen LogP contribution in [0.3, 0.4) is 0 Å². The van der Waals surface area contributed by atoms with Crippen molar-refractivity contribution in [1.29, 1.82) is 0 Å². The van der Waals surface area contributed by atoms with E-state index in [0.717, 1.165) is 24.6 Å². The third-order valence-corrected chi connectivity index (χ3v) is 6.74. The van der Waals surface area contributed by atoms with Gasteiger partial charge in [0.2, 0.25) is 6.41 Å². The van der Waals surface area contributed by atoms with Crippen LogP contribution in [0.15, 0.2) is 72.9 Å². The molecular weight excluding hydrogens is 659 g/mol. The van der Waals surface area contributed by atoms with Gasteiger partial charge in [-0.15, -0.1) is 0 Å². The van der Waals surface area contributed by atoms with Gasteiger partial charge in [0, 0.05) is 46.8 Å². The van der Waals surface area contributed by atoms with Crippen molar-refractivity contribution >= 4 is 41.8 Å². The Morgan fingerprint density at radius 1 is 0.848 bits per heavy atom. The molecule has 4 aromatic rings. The van der Waals surface area contributed by atoms with Crippen LogP contribution in [-0.4, -0.2) is 29.5 Å². The van der Waals surface area contributed by atoms with E-state index in [1.54, 1.807) is 43.3 Å². The van der Waals surface area contributed by atoms with E-state index in [-0.39, 0.29) is 29.2 Å². The summed E-state index contributed by atoms with van der Waals surface area (Å²) >= 11 is 12.3. The number of carboxylic acid groups (broad SMARTS) is 1. The molecule has 4 rings (SSSR count). The van der Waals surface area contributed by atoms with Gasteiger partial charge >= 0.3 is 12.4 Å². The number of amides is 1. The van der Waals surface area contributed by atoms with Crippen molar-refractivity contribution in [3.8, 4) is 22.3 Å². The van der Waals surface area contributed by atoms with Crippen molar-refractivity contribution in [2.75, 3.05) is 11.9 Å². The summed E-state index contributed by atoms with van der Waals surface area (Å²) in [5.74, 6) is 0. The third-order valence-electron chi connectivity index (χ3n) is 6.18. The van der Waals surface area contributed by atoms with E-state index in [9.17, 15) is 31.1 Å². The van der Waals surface area contributed by atoms with Gasteiger partial charge in [0.05, 0.1) is 16.1 Å². The van der Waals surface area contributed by atoms with Gasteiger partial charge in [-0.25, -0.2) is 0 Å². The predicted octanol–water partition coefficient (Wildman–Crippen LogP) is 9.52. The van der Waals surface area contributed by atoms with Crippen LogP contribution >= 0.6 is 23.2 Å². The zero-order valence-electron chi connectivity index (χ0n) is 24.4. The summed E-state index contributed by atoms with van der Waals surface area (Å²) in [6.07, 6.45) is -7.01. The topological polar surface area (TPSA) is 91.3 Å². The fourth-order valence-corrected chi connectivity index (χ4v) is 4.46. The van der Waals surface area contributed by atoms with Crippen LogP contribution < -0.4 is 10.6 Å². The number of hydrogen-bond acceptors (Lipinski definition) is 4. The van der Waals surface area contributed by atoms with E-state index in [1.807, 2.05) is 6.92 Å². The molecule has 0 saturated carbocycles. The van der Waals surface area contributed by atoms with Gasteiger partial charge in [-0.05, 0) is 72.5 Å². The van der Waals surface area contributed by atoms with E-state index in [2.05, 4.69) is 15.6 Å². The number of anilines is 1. The van der Waals surface area contributed by atoms with Crippen LogP contribution in [0.2, 0.25) is 10.0 Å². The first-order valence-electron chi connectivity index (χ1n) is 13.4. The average Bonchev–Trinajstić information content (AvgIpc) is 2.99. The molecule has 1 amide bonds. The monoisotopic (exact) mass is 687 g/mol. The molecule has 14 heteroatoms. The minimum absolute atomic E-state index is 0.134. The lowest BCUT2D eigenvalue weighted by Gasteiger charge is -2.21. The Morgan fingerprint density at radius 3 is 1.96 bits per heavy atom. The lowest BCUT2D eigenvalue weighted by molar-refractivity contribution is -0.143. The van der Waals surface area contributed by atoms with Gasteiger partial charge in [-0.2, -0.15) is 26.3 Å². The molecule has 0 unspecified atom stereocenters. The maximum Gasteiger partial charge on any atom is 0.416 e. The Kier molecular flexibility index (Phi) is 14.3. The number of benzene rings is 3. The van der Waals surface area contributed by atoms with E-state index >= 15 is 0 Å². The molecule has 0 radical (unpaired) electrons. The van der Waals surface area contributed by atoms with Crippen LogP contribution in [0.1, 0.15) is 35.7 Å². The Morgan fingerprint density at radius 2 is 1.48 bits per heavy atom. The van der Waals surface area contributed by atoms with Gasteiger partial charge in [0.25, 0.3) is 6.47 Å². The second kappa shape index (κ2) is 17.4. The van der Waals surface area contributed by atoms with Crippen LogP contribution in [0.4, 0.5) is 32.0 Å². The molecule has 6 nitrogen and oxygen atoms in total. The number of alkyl halides is 6. The lowest BCUT2D eigenvalue weighted by Crippen LogP contribution is -2.17. The number of hydrogen-bond donors (Lipinski definition) is 3. The first-order chi connectivity index (χ1) is 21.7. The number of rotatable bonds is 8. The normalized spacial score (nSPS) is 10.9. The van der Waals surface area contributed by atoms with Crippen LogP contribution in [0, 0.1) is 6.92 Å². The Labute approximate surface area is 271 Å². The van der Waals surface area contributed by atoms with E-state index in [4.69, 9.17) is 33.1 Å². The molecule has 3 aromatic carbocycles. The first kappa shape index (κ1) is 37.9. The quantitative estimate of drug-likeness (QED) is 0.0975. The van der Waals surface area contributed by atoms with Crippen LogP contribution in [-0.2, 0) is 28.5 Å². The zero-order chi connectivity index (χ0) is 34.5. The van der Waals surface area contributed by atoms with Gasteiger partial charge in [0.1, 0.15) is 0 Å². The molecule has 0 spiro atoms. The molecule has 0 atom stereocenters. The van der Waals surface area contributed by atoms with Crippen molar-refractivity contribution in [3.63, 3.8) is 0 Å². The molecule has 1 aromatic heterocycles. The summed E-state index contributed by atoms with van der Waals surface area (Å²) in [6, 6.07) is 15.6. The van der Waals surface area contributed by atoms with Crippen LogP contribution in [0.5, 0.6) is 0 Å². The lowest BCUT2D eigenvalue weighted by atomic mass is 9.92. The molecule has 0 fully saturated rings. The second-order valence-electron chi connectivity index (χ2n) is 9.47. The van der Waals surface area contributed by atoms with Crippen molar-refractivity contribution in [3.05, 3.63) is 105 Å². The van der Waals surface area contributed by atoms with Crippen molar-refractivity contribution < 1.29 is 41.0 Å². The van der Waals surface area contributed by atoms with Gasteiger partial charge in [-0.1, -0.05) is 54.4 Å². The highest BCUT2D eigenvalue weighted by Crippen LogP contribution is 2.42. The Balaban J connectivity index is 0.000000723. The summed E-state index contributed by atoms with van der Waals surface area (Å²) < 4.78 is 82.5. The summed E-state index contributed by atoms with van der Waals surface area (Å²) in [6.45, 7) is 3.81. The highest BCUT2D eigenvalue weighted by atomic mass is 35.5. The van der Waals surface area contributed by atoms with E-state index < -0.39 is 30.0 Å². The predicted molar refractivity (Wildman–Crippen MR) is 167 cm³/mol. The second-order valence-corrected chi connectivity index (χ2v) is 10.3. The Bertz CT molecular complexity index is 1580. The van der Waals surface area contributed by atoms with Crippen molar-refractivity contribution in [2.24, 2.45) is 0 Å². The number of carbonyl (C=O) groups is 2. The maximum atomic E-state index is 14.0. The minimum atomic E-state index is -5.03. The first-order valence-corrected chi connectivity index (χ1v) is 14.2. The number of pyridine rings is 1. The maximum absolute atomic E-state index is 14.0. The largest absolute Gasteiger partial charge is 0.483 e. The highest BCUT2D eigenvalue weighted by Gasteiger charge is 2.39. The van der Waals surface area contributed by atoms with E-state index in [0.29, 0.717) is 33.4 Å². The van der Waals surface area contributed by atoms with Gasteiger partial charge < -0.3 is 15.7 Å². The van der Waals surface area contributed by atoms with E-state index in [1.165, 1.54) is 24.4 Å². The molecule has 1 heterocycles. The van der Waals surface area contributed by atoms with Crippen molar-refractivity contribution in [1.82, 2.24) is 10.3 Å². The summed E-state index contributed by atoms with van der Waals surface area (Å²) in [5, 5.41) is 13.2. The zero-order valence-corrected chi connectivity index (χ0v) is 26.0. The number of aromatic nitrogens is 1. The molecule has 0 saturated heterocycles. The molecule has 46 heavy (non-hydrogen) atoms. The fraction of sp³-hybridized carbons (Fsp3) is 0.219. The summed E-state index contributed by atoms with van der Waals surface area (Å²) in [7, 11) is 0. The highest BCUT2D eigenvalue weighted by molar-refractivity contribution is 6.33. The SMILES string of the molecule is CCCNC=O.Cc1ccc(-c2cc(C(F)(F)F)cc(C(F)(F)F)c2CNc2ccc(-c3ccc(Cl)cc3)c(Cl)c2)cn1.O=CO. The standard InChI is InChI=1S/C27H18Cl2F6N2.C4H9NO.CH2O2/c1-15-2-3-17(13-36-15)22-10-18(26(30,31)32)11-24(27(33,34)35)23(22)14-37-20-8-9-21(25(29)12-20)16-4-6-19(28)7-5-16;1-2-3-5-4-6;2-1-3/h2-13,37H,14H2,1H3;4H,2-3H2,1H3,(H,5,6);1H,(H,2,3). The molecule has 0 bridgehead atoms. The molecule has 0 aliphatic rings. The smallest absolute Gasteiger partial charge is 0.416 e. The number of nitrogens with zero attached hydrogens (tertiary/aromatic N) is 1. The Hall–Kier alpha value is -4.29. The molecule has 0 aliphatic carbocycles.